The van der Waals surface area contributed by atoms with E-state index in [4.69, 9.17) is 0 Å². The number of alkyl halides is 3. The number of para-hydroxylation sites is 1. The molecule has 168 valence electrons. The average molecular weight is 453 g/mol. The lowest BCUT2D eigenvalue weighted by atomic mass is 10.1. The molecule has 1 amide bonds. The monoisotopic (exact) mass is 453 g/mol. The maximum Gasteiger partial charge on any atom is 0.416 e. The predicted molar refractivity (Wildman–Crippen MR) is 118 cm³/mol. The first-order chi connectivity index (χ1) is 15.6. The van der Waals surface area contributed by atoms with Crippen LogP contribution in [0.1, 0.15) is 27.0 Å². The van der Waals surface area contributed by atoms with Crippen molar-refractivity contribution < 1.29 is 22.4 Å². The van der Waals surface area contributed by atoms with E-state index in [0.717, 1.165) is 22.8 Å². The Labute approximate surface area is 187 Å². The summed E-state index contributed by atoms with van der Waals surface area (Å²) in [6.45, 7) is 3.84. The minimum atomic E-state index is -4.71. The van der Waals surface area contributed by atoms with E-state index in [2.05, 4.69) is 10.4 Å². The van der Waals surface area contributed by atoms with Crippen LogP contribution in [-0.4, -0.2) is 15.7 Å². The first-order valence-electron chi connectivity index (χ1n) is 10.0. The van der Waals surface area contributed by atoms with Gasteiger partial charge >= 0.3 is 6.18 Å². The highest BCUT2D eigenvalue weighted by molar-refractivity contribution is 6.04. The highest BCUT2D eigenvalue weighted by Gasteiger charge is 2.31. The van der Waals surface area contributed by atoms with E-state index in [1.165, 1.54) is 4.68 Å². The number of aryl methyl sites for hydroxylation is 2. The van der Waals surface area contributed by atoms with E-state index in [0.29, 0.717) is 23.5 Å². The summed E-state index contributed by atoms with van der Waals surface area (Å²) in [6.07, 6.45) is -4.71. The van der Waals surface area contributed by atoms with Gasteiger partial charge in [0.2, 0.25) is 0 Å². The molecular weight excluding hydrogens is 434 g/mol. The van der Waals surface area contributed by atoms with Gasteiger partial charge in [0.1, 0.15) is 11.6 Å². The number of rotatable bonds is 4. The predicted octanol–water partition coefficient (Wildman–Crippen LogP) is 6.57. The lowest BCUT2D eigenvalue weighted by Gasteiger charge is -2.12. The first-order valence-corrected chi connectivity index (χ1v) is 10.0. The molecule has 0 atom stereocenters. The van der Waals surface area contributed by atoms with Crippen LogP contribution >= 0.6 is 0 Å². The molecule has 8 heteroatoms. The molecule has 0 aliphatic carbocycles. The van der Waals surface area contributed by atoms with Gasteiger partial charge in [-0.15, -0.1) is 0 Å². The molecule has 33 heavy (non-hydrogen) atoms. The number of benzene rings is 3. The molecule has 1 aromatic heterocycles. The number of anilines is 1. The van der Waals surface area contributed by atoms with Crippen molar-refractivity contribution >= 4 is 11.7 Å². The van der Waals surface area contributed by atoms with Gasteiger partial charge in [-0.05, 0) is 43.7 Å². The summed E-state index contributed by atoms with van der Waals surface area (Å²) in [6, 6.07) is 18.5. The number of halogens is 4. The topological polar surface area (TPSA) is 46.9 Å². The van der Waals surface area contributed by atoms with Crippen molar-refractivity contribution in [2.75, 3.05) is 5.32 Å². The molecule has 0 saturated heterocycles. The number of aromatic nitrogens is 2. The minimum Gasteiger partial charge on any atom is -0.306 e. The quantitative estimate of drug-likeness (QED) is 0.356. The highest BCUT2D eigenvalue weighted by Crippen LogP contribution is 2.31. The van der Waals surface area contributed by atoms with Crippen molar-refractivity contribution in [2.24, 2.45) is 0 Å². The number of nitrogens with zero attached hydrogens (tertiary/aromatic N) is 2. The minimum absolute atomic E-state index is 0.254. The second-order valence-electron chi connectivity index (χ2n) is 7.63. The Balaban J connectivity index is 1.74. The van der Waals surface area contributed by atoms with Gasteiger partial charge in [0.05, 0.1) is 22.5 Å². The van der Waals surface area contributed by atoms with Crippen LogP contribution in [0.2, 0.25) is 0 Å². The lowest BCUT2D eigenvalue weighted by Crippen LogP contribution is -2.17. The van der Waals surface area contributed by atoms with Gasteiger partial charge in [0.25, 0.3) is 5.91 Å². The fourth-order valence-corrected chi connectivity index (χ4v) is 3.38. The summed E-state index contributed by atoms with van der Waals surface area (Å²) in [5, 5.41) is 7.21. The van der Waals surface area contributed by atoms with Gasteiger partial charge in [-0.3, -0.25) is 4.79 Å². The standard InChI is InChI=1S/C25H19F4N3O/c1-15-7-9-17(10-8-15)21-14-23(32(31-21)22-6-4-3-5-16(22)2)30-24(33)19-12-11-18(13-20(19)26)25(27,28)29/h3-14H,1-2H3,(H,30,33). The Bertz CT molecular complexity index is 1320. The Morgan fingerprint density at radius 2 is 1.64 bits per heavy atom. The van der Waals surface area contributed by atoms with Gasteiger partial charge in [-0.25, -0.2) is 9.07 Å². The second-order valence-corrected chi connectivity index (χ2v) is 7.63. The fraction of sp³-hybridized carbons (Fsp3) is 0.120. The second kappa shape index (κ2) is 8.54. The molecule has 0 saturated carbocycles. The summed E-state index contributed by atoms with van der Waals surface area (Å²) >= 11 is 0. The number of amides is 1. The Kier molecular flexibility index (Phi) is 5.76. The molecule has 0 bridgehead atoms. The SMILES string of the molecule is Cc1ccc(-c2cc(NC(=O)c3ccc(C(F)(F)F)cc3F)n(-c3ccccc3C)n2)cc1. The molecule has 1 N–H and O–H groups in total. The van der Waals surface area contributed by atoms with E-state index < -0.39 is 29.0 Å². The molecule has 0 aliphatic rings. The maximum absolute atomic E-state index is 14.3. The molecule has 4 rings (SSSR count). The van der Waals surface area contributed by atoms with Gasteiger partial charge in [0.15, 0.2) is 0 Å². The third kappa shape index (κ3) is 4.64. The van der Waals surface area contributed by atoms with Gasteiger partial charge in [-0.1, -0.05) is 48.0 Å². The first kappa shape index (κ1) is 22.3. The van der Waals surface area contributed by atoms with E-state index in [1.54, 1.807) is 6.07 Å². The molecule has 0 fully saturated rings. The molecule has 0 radical (unpaired) electrons. The zero-order valence-electron chi connectivity index (χ0n) is 17.7. The number of carbonyl (C=O) groups is 1. The lowest BCUT2D eigenvalue weighted by molar-refractivity contribution is -0.137. The van der Waals surface area contributed by atoms with E-state index in [9.17, 15) is 22.4 Å². The van der Waals surface area contributed by atoms with Gasteiger partial charge in [0, 0.05) is 11.6 Å². The van der Waals surface area contributed by atoms with Crippen LogP contribution < -0.4 is 5.32 Å². The molecule has 0 spiro atoms. The van der Waals surface area contributed by atoms with E-state index >= 15 is 0 Å². The number of carbonyl (C=O) groups excluding carboxylic acids is 1. The van der Waals surface area contributed by atoms with Crippen molar-refractivity contribution in [2.45, 2.75) is 20.0 Å². The summed E-state index contributed by atoms with van der Waals surface area (Å²) < 4.78 is 54.4. The van der Waals surface area contributed by atoms with Crippen molar-refractivity contribution in [1.82, 2.24) is 9.78 Å². The Morgan fingerprint density at radius 3 is 2.27 bits per heavy atom. The third-order valence-corrected chi connectivity index (χ3v) is 5.18. The van der Waals surface area contributed by atoms with Crippen molar-refractivity contribution in [3.8, 4) is 16.9 Å². The smallest absolute Gasteiger partial charge is 0.306 e. The number of hydrogen-bond acceptors (Lipinski definition) is 2. The van der Waals surface area contributed by atoms with E-state index in [1.807, 2.05) is 62.4 Å². The maximum atomic E-state index is 14.3. The third-order valence-electron chi connectivity index (χ3n) is 5.18. The zero-order valence-corrected chi connectivity index (χ0v) is 17.7. The van der Waals surface area contributed by atoms with Crippen molar-refractivity contribution in [3.63, 3.8) is 0 Å². The molecule has 3 aromatic carbocycles. The molecule has 4 nitrogen and oxygen atoms in total. The van der Waals surface area contributed by atoms with Gasteiger partial charge < -0.3 is 5.32 Å². The Morgan fingerprint density at radius 1 is 0.939 bits per heavy atom. The molecule has 0 aliphatic heterocycles. The van der Waals surface area contributed by atoms with Crippen LogP contribution in [-0.2, 0) is 6.18 Å². The van der Waals surface area contributed by atoms with Crippen LogP contribution in [0.15, 0.2) is 72.8 Å². The Hall–Kier alpha value is -3.94. The van der Waals surface area contributed by atoms with Crippen LogP contribution in [0, 0.1) is 19.7 Å². The largest absolute Gasteiger partial charge is 0.416 e. The summed E-state index contributed by atoms with van der Waals surface area (Å²) in [7, 11) is 0. The van der Waals surface area contributed by atoms with Crippen molar-refractivity contribution in [3.05, 3.63) is 101 Å². The normalized spacial score (nSPS) is 11.5. The number of hydrogen-bond donors (Lipinski definition) is 1. The molecule has 0 unspecified atom stereocenters. The average Bonchev–Trinajstić information content (AvgIpc) is 3.17. The zero-order chi connectivity index (χ0) is 23.8. The van der Waals surface area contributed by atoms with Crippen LogP contribution in [0.25, 0.3) is 16.9 Å². The summed E-state index contributed by atoms with van der Waals surface area (Å²) in [5.74, 6) is -1.89. The highest BCUT2D eigenvalue weighted by atomic mass is 19.4. The van der Waals surface area contributed by atoms with Crippen molar-refractivity contribution in [1.29, 1.82) is 0 Å². The molecule has 1 heterocycles. The number of nitrogens with one attached hydrogen (secondary N) is 1. The summed E-state index contributed by atoms with van der Waals surface area (Å²) in [5.41, 5.74) is 2.36. The van der Waals surface area contributed by atoms with E-state index in [-0.39, 0.29) is 5.82 Å². The molecular formula is C25H19F4N3O. The summed E-state index contributed by atoms with van der Waals surface area (Å²) in [4.78, 5) is 12.8. The van der Waals surface area contributed by atoms with Crippen LogP contribution in [0.4, 0.5) is 23.4 Å². The van der Waals surface area contributed by atoms with Crippen LogP contribution in [0.3, 0.4) is 0 Å². The fourth-order valence-electron chi connectivity index (χ4n) is 3.38. The van der Waals surface area contributed by atoms with Crippen LogP contribution in [0.5, 0.6) is 0 Å². The van der Waals surface area contributed by atoms with Gasteiger partial charge in [-0.2, -0.15) is 18.3 Å². The molecule has 4 aromatic rings.